The quantitative estimate of drug-likeness (QED) is 0.250. The van der Waals surface area contributed by atoms with Gasteiger partial charge in [0.15, 0.2) is 5.25 Å². The summed E-state index contributed by atoms with van der Waals surface area (Å²) in [7, 11) is -4.94. The zero-order chi connectivity index (χ0) is 19.6. The highest BCUT2D eigenvalue weighted by atomic mass is 32.2. The summed E-state index contributed by atoms with van der Waals surface area (Å²) in [6, 6.07) is 0. The minimum absolute atomic E-state index is 0.381. The molecule has 0 bridgehead atoms. The summed E-state index contributed by atoms with van der Waals surface area (Å²) in [5, 5.41) is 16.8. The minimum atomic E-state index is -4.94. The van der Waals surface area contributed by atoms with E-state index in [2.05, 4.69) is 4.74 Å². The highest BCUT2D eigenvalue weighted by Gasteiger charge is 2.37. The average molecular weight is 384 g/mol. The van der Waals surface area contributed by atoms with Gasteiger partial charge in [-0.2, -0.15) is 8.42 Å². The maximum atomic E-state index is 12.0. The first-order chi connectivity index (χ1) is 11.5. The number of esters is 2. The van der Waals surface area contributed by atoms with Gasteiger partial charge in [-0.05, 0) is 19.8 Å². The molecule has 0 saturated heterocycles. The largest absolute Gasteiger partial charge is 0.463 e. The molecule has 4 atom stereocenters. The van der Waals surface area contributed by atoms with Crippen LogP contribution in [0.2, 0.25) is 0 Å². The molecule has 0 radical (unpaired) electrons. The van der Waals surface area contributed by atoms with Crippen LogP contribution < -0.4 is 0 Å². The summed E-state index contributed by atoms with van der Waals surface area (Å²) < 4.78 is 41.2. The smallest absolute Gasteiger partial charge is 0.329 e. The molecule has 0 fully saturated rings. The van der Waals surface area contributed by atoms with Crippen LogP contribution in [0.1, 0.15) is 52.9 Å². The van der Waals surface area contributed by atoms with Gasteiger partial charge in [-0.15, -0.1) is 0 Å². The maximum Gasteiger partial charge on any atom is 0.329 e. The Morgan fingerprint density at radius 2 is 1.76 bits per heavy atom. The third-order valence-electron chi connectivity index (χ3n) is 3.55. The van der Waals surface area contributed by atoms with Crippen molar-refractivity contribution in [1.29, 1.82) is 0 Å². The number of ether oxygens (including phenoxy) is 2. The van der Waals surface area contributed by atoms with Crippen molar-refractivity contribution in [3.05, 3.63) is 0 Å². The zero-order valence-electron chi connectivity index (χ0n) is 14.8. The molecule has 3 N–H and O–H groups in total. The van der Waals surface area contributed by atoms with Crippen LogP contribution in [0.5, 0.6) is 0 Å². The summed E-state index contributed by atoms with van der Waals surface area (Å²) in [5.74, 6) is -2.92. The van der Waals surface area contributed by atoms with Crippen molar-refractivity contribution in [3.8, 4) is 0 Å². The molecule has 0 aliphatic heterocycles. The van der Waals surface area contributed by atoms with E-state index in [0.29, 0.717) is 12.8 Å². The Morgan fingerprint density at radius 3 is 2.20 bits per heavy atom. The number of aliphatic hydroxyl groups is 2. The van der Waals surface area contributed by atoms with E-state index in [4.69, 9.17) is 14.4 Å². The monoisotopic (exact) mass is 384 g/mol. The SMILES string of the molecule is CCCCC(CC)C(O)OC(=O)C(CC(=O)OCC(C)O)S(=O)(=O)O. The zero-order valence-corrected chi connectivity index (χ0v) is 15.6. The highest BCUT2D eigenvalue weighted by molar-refractivity contribution is 7.87. The van der Waals surface area contributed by atoms with E-state index in [1.807, 2.05) is 6.92 Å². The molecule has 0 aromatic rings. The van der Waals surface area contributed by atoms with Crippen LogP contribution in [0.15, 0.2) is 0 Å². The maximum absolute atomic E-state index is 12.0. The lowest BCUT2D eigenvalue weighted by atomic mass is 9.99. The molecule has 9 nitrogen and oxygen atoms in total. The second-order valence-electron chi connectivity index (χ2n) is 5.88. The van der Waals surface area contributed by atoms with E-state index >= 15 is 0 Å². The molecule has 10 heteroatoms. The lowest BCUT2D eigenvalue weighted by Crippen LogP contribution is -2.38. The molecular formula is C15H28O9S. The third-order valence-corrected chi connectivity index (χ3v) is 4.63. The Hall–Kier alpha value is -1.23. The number of carbonyl (C=O) groups is 2. The van der Waals surface area contributed by atoms with E-state index in [-0.39, 0.29) is 12.5 Å². The van der Waals surface area contributed by atoms with Crippen molar-refractivity contribution in [2.24, 2.45) is 5.92 Å². The molecule has 0 saturated carbocycles. The van der Waals surface area contributed by atoms with Crippen molar-refractivity contribution < 1.29 is 42.2 Å². The number of hydrogen-bond donors (Lipinski definition) is 3. The Bertz CT molecular complexity index is 515. The second-order valence-corrected chi connectivity index (χ2v) is 7.48. The minimum Gasteiger partial charge on any atom is -0.463 e. The van der Waals surface area contributed by atoms with E-state index in [9.17, 15) is 23.1 Å². The van der Waals surface area contributed by atoms with E-state index < -0.39 is 46.1 Å². The van der Waals surface area contributed by atoms with Gasteiger partial charge in [-0.25, -0.2) is 0 Å². The number of aliphatic hydroxyl groups excluding tert-OH is 2. The van der Waals surface area contributed by atoms with Gasteiger partial charge in [0.1, 0.15) is 6.61 Å². The lowest BCUT2D eigenvalue weighted by Gasteiger charge is -2.23. The van der Waals surface area contributed by atoms with Crippen LogP contribution in [0, 0.1) is 5.92 Å². The van der Waals surface area contributed by atoms with Crippen LogP contribution in [0.25, 0.3) is 0 Å². The van der Waals surface area contributed by atoms with Gasteiger partial charge in [0.2, 0.25) is 6.29 Å². The Balaban J connectivity index is 4.93. The van der Waals surface area contributed by atoms with Crippen LogP contribution in [-0.4, -0.2) is 59.4 Å². The molecule has 0 aliphatic rings. The Morgan fingerprint density at radius 1 is 1.16 bits per heavy atom. The van der Waals surface area contributed by atoms with Crippen LogP contribution in [-0.2, 0) is 29.2 Å². The fourth-order valence-corrected chi connectivity index (χ4v) is 2.69. The number of unbranched alkanes of at least 4 members (excludes halogenated alkanes) is 1. The average Bonchev–Trinajstić information content (AvgIpc) is 2.49. The van der Waals surface area contributed by atoms with Crippen LogP contribution in [0.4, 0.5) is 0 Å². The van der Waals surface area contributed by atoms with E-state index in [1.54, 1.807) is 6.92 Å². The predicted octanol–water partition coefficient (Wildman–Crippen LogP) is 0.635. The molecule has 0 amide bonds. The van der Waals surface area contributed by atoms with Crippen molar-refractivity contribution in [2.75, 3.05) is 6.61 Å². The molecule has 0 aromatic heterocycles. The molecule has 4 unspecified atom stereocenters. The Labute approximate surface area is 148 Å². The molecule has 0 heterocycles. The van der Waals surface area contributed by atoms with Crippen LogP contribution >= 0.6 is 0 Å². The molecule has 148 valence electrons. The second kappa shape index (κ2) is 11.4. The fourth-order valence-electron chi connectivity index (χ4n) is 2.04. The van der Waals surface area contributed by atoms with E-state index in [1.165, 1.54) is 6.92 Å². The van der Waals surface area contributed by atoms with Gasteiger partial charge >= 0.3 is 11.9 Å². The van der Waals surface area contributed by atoms with E-state index in [0.717, 1.165) is 12.8 Å². The molecule has 0 aromatic carbocycles. The first-order valence-corrected chi connectivity index (χ1v) is 9.71. The topological polar surface area (TPSA) is 147 Å². The van der Waals surface area contributed by atoms with Crippen LogP contribution in [0.3, 0.4) is 0 Å². The standard InChI is InChI=1S/C15H28O9S/c1-4-6-7-11(5-2)14(18)24-15(19)12(25(20,21)22)8-13(17)23-9-10(3)16/h10-12,14,16,18H,4-9H2,1-3H3,(H,20,21,22). The van der Waals surface area contributed by atoms with Gasteiger partial charge in [0, 0.05) is 5.92 Å². The highest BCUT2D eigenvalue weighted by Crippen LogP contribution is 2.19. The van der Waals surface area contributed by atoms with Gasteiger partial charge in [-0.1, -0.05) is 26.7 Å². The van der Waals surface area contributed by atoms with Gasteiger partial charge in [0.05, 0.1) is 12.5 Å². The first-order valence-electron chi connectivity index (χ1n) is 8.21. The predicted molar refractivity (Wildman–Crippen MR) is 88.0 cm³/mol. The normalized spacial score (nSPS) is 16.6. The number of carbonyl (C=O) groups excluding carboxylic acids is 2. The van der Waals surface area contributed by atoms with Crippen molar-refractivity contribution in [1.82, 2.24) is 0 Å². The lowest BCUT2D eigenvalue weighted by molar-refractivity contribution is -0.178. The van der Waals surface area contributed by atoms with Crippen molar-refractivity contribution in [3.63, 3.8) is 0 Å². The molecular weight excluding hydrogens is 356 g/mol. The molecule has 0 aliphatic carbocycles. The molecule has 0 rings (SSSR count). The summed E-state index contributed by atoms with van der Waals surface area (Å²) in [5.41, 5.74) is 0. The number of hydrogen-bond acceptors (Lipinski definition) is 8. The molecule has 0 spiro atoms. The summed E-state index contributed by atoms with van der Waals surface area (Å²) in [6.07, 6.45) is -0.744. The first kappa shape index (κ1) is 23.8. The van der Waals surface area contributed by atoms with Gasteiger partial charge in [-0.3, -0.25) is 14.1 Å². The molecule has 25 heavy (non-hydrogen) atoms. The third kappa shape index (κ3) is 9.73. The van der Waals surface area contributed by atoms with Gasteiger partial charge in [0.25, 0.3) is 10.1 Å². The summed E-state index contributed by atoms with van der Waals surface area (Å²) in [4.78, 5) is 23.5. The number of rotatable bonds is 12. The Kier molecular flexibility index (Phi) is 10.8. The summed E-state index contributed by atoms with van der Waals surface area (Å²) >= 11 is 0. The van der Waals surface area contributed by atoms with Gasteiger partial charge < -0.3 is 19.7 Å². The van der Waals surface area contributed by atoms with Crippen molar-refractivity contribution >= 4 is 22.1 Å². The fraction of sp³-hybridized carbons (Fsp3) is 0.867. The van der Waals surface area contributed by atoms with Crippen molar-refractivity contribution in [2.45, 2.75) is 70.5 Å². The summed E-state index contributed by atoms with van der Waals surface area (Å²) in [6.45, 7) is 4.70.